The number of hydrogen-bond donors (Lipinski definition) is 3. The summed E-state index contributed by atoms with van der Waals surface area (Å²) >= 11 is 7.72. The molecule has 0 aliphatic carbocycles. The van der Waals surface area contributed by atoms with Crippen LogP contribution in [0.2, 0.25) is 5.02 Å². The number of aliphatic carboxylic acids is 2. The van der Waals surface area contributed by atoms with Gasteiger partial charge in [-0.2, -0.15) is 0 Å². The fourth-order valence-electron chi connectivity index (χ4n) is 3.55. The second-order valence-corrected chi connectivity index (χ2v) is 9.40. The number of rotatable bonds is 11. The molecule has 0 bridgehead atoms. The van der Waals surface area contributed by atoms with Crippen LogP contribution < -0.4 is 10.1 Å². The van der Waals surface area contributed by atoms with Gasteiger partial charge in [0.1, 0.15) is 18.4 Å². The SMILES string of the molecule is CC(C)CC(NCC(C(=O)O)c1ccccc1OCc1csc2ccc(Cl)cc12)C(=O)O. The molecule has 170 valence electrons. The van der Waals surface area contributed by atoms with Crippen molar-refractivity contribution >= 4 is 45.0 Å². The summed E-state index contributed by atoms with van der Waals surface area (Å²) in [6, 6.07) is 11.9. The average Bonchev–Trinajstić information content (AvgIpc) is 3.13. The van der Waals surface area contributed by atoms with Crippen LogP contribution in [-0.4, -0.2) is 34.7 Å². The number of para-hydroxylation sites is 1. The Kier molecular flexibility index (Phi) is 8.12. The molecule has 0 aliphatic rings. The molecular formula is C24H26ClNO5S. The molecule has 8 heteroatoms. The quantitative estimate of drug-likeness (QED) is 0.344. The molecule has 2 unspecified atom stereocenters. The van der Waals surface area contributed by atoms with Crippen molar-refractivity contribution in [2.75, 3.05) is 6.54 Å². The third kappa shape index (κ3) is 6.00. The summed E-state index contributed by atoms with van der Waals surface area (Å²) in [6.45, 7) is 4.10. The number of ether oxygens (including phenoxy) is 1. The zero-order valence-corrected chi connectivity index (χ0v) is 19.4. The van der Waals surface area contributed by atoms with Gasteiger partial charge in [0.15, 0.2) is 0 Å². The predicted molar refractivity (Wildman–Crippen MR) is 127 cm³/mol. The van der Waals surface area contributed by atoms with Crippen LogP contribution in [0.3, 0.4) is 0 Å². The summed E-state index contributed by atoms with van der Waals surface area (Å²) in [5, 5.41) is 25.9. The first-order valence-electron chi connectivity index (χ1n) is 10.3. The van der Waals surface area contributed by atoms with E-state index in [1.165, 1.54) is 0 Å². The molecular weight excluding hydrogens is 450 g/mol. The van der Waals surface area contributed by atoms with Gasteiger partial charge in [-0.1, -0.05) is 43.6 Å². The molecule has 32 heavy (non-hydrogen) atoms. The molecule has 0 saturated carbocycles. The average molecular weight is 476 g/mol. The van der Waals surface area contributed by atoms with Crippen LogP contribution in [0.25, 0.3) is 10.1 Å². The van der Waals surface area contributed by atoms with Crippen LogP contribution >= 0.6 is 22.9 Å². The van der Waals surface area contributed by atoms with Crippen molar-refractivity contribution in [3.63, 3.8) is 0 Å². The van der Waals surface area contributed by atoms with Crippen LogP contribution in [0.4, 0.5) is 0 Å². The zero-order chi connectivity index (χ0) is 23.3. The molecule has 2 aromatic carbocycles. The number of fused-ring (bicyclic) bond motifs is 1. The maximum absolute atomic E-state index is 12.0. The Labute approximate surface area is 195 Å². The zero-order valence-electron chi connectivity index (χ0n) is 17.9. The fourth-order valence-corrected chi connectivity index (χ4v) is 4.65. The first-order chi connectivity index (χ1) is 15.3. The maximum atomic E-state index is 12.0. The van der Waals surface area contributed by atoms with Gasteiger partial charge in [0.05, 0.1) is 5.92 Å². The summed E-state index contributed by atoms with van der Waals surface area (Å²) in [5.41, 5.74) is 1.47. The number of carbonyl (C=O) groups is 2. The lowest BCUT2D eigenvalue weighted by molar-refractivity contribution is -0.142. The number of halogens is 1. The lowest BCUT2D eigenvalue weighted by atomic mass is 9.96. The standard InChI is InChI=1S/C24H26ClNO5S/c1-14(2)9-20(24(29)30)26-11-19(23(27)28)17-5-3-4-6-21(17)31-12-15-13-32-22-8-7-16(25)10-18(15)22/h3-8,10,13-14,19-20,26H,9,11-12H2,1-2H3,(H,27,28)(H,29,30). The topological polar surface area (TPSA) is 95.9 Å². The molecule has 0 amide bonds. The van der Waals surface area contributed by atoms with E-state index in [2.05, 4.69) is 5.32 Å². The van der Waals surface area contributed by atoms with Gasteiger partial charge in [0.2, 0.25) is 0 Å². The third-order valence-corrected chi connectivity index (χ3v) is 6.41. The highest BCUT2D eigenvalue weighted by molar-refractivity contribution is 7.17. The van der Waals surface area contributed by atoms with Gasteiger partial charge in [-0.3, -0.25) is 9.59 Å². The molecule has 0 radical (unpaired) electrons. The summed E-state index contributed by atoms with van der Waals surface area (Å²) in [5.74, 6) is -2.37. The van der Waals surface area contributed by atoms with E-state index in [0.29, 0.717) is 22.8 Å². The van der Waals surface area contributed by atoms with Crippen LogP contribution in [0.1, 0.15) is 37.3 Å². The summed E-state index contributed by atoms with van der Waals surface area (Å²) in [4.78, 5) is 23.6. The maximum Gasteiger partial charge on any atom is 0.320 e. The molecule has 0 aliphatic heterocycles. The monoisotopic (exact) mass is 475 g/mol. The summed E-state index contributed by atoms with van der Waals surface area (Å²) in [6.07, 6.45) is 0.410. The Morgan fingerprint density at radius 2 is 1.88 bits per heavy atom. The Balaban J connectivity index is 1.78. The Bertz CT molecular complexity index is 1100. The fraction of sp³-hybridized carbons (Fsp3) is 0.333. The normalized spacial score (nSPS) is 13.2. The molecule has 0 saturated heterocycles. The van der Waals surface area contributed by atoms with E-state index >= 15 is 0 Å². The highest BCUT2D eigenvalue weighted by Crippen LogP contribution is 2.32. The van der Waals surface area contributed by atoms with Gasteiger partial charge in [-0.25, -0.2) is 0 Å². The van der Waals surface area contributed by atoms with E-state index in [9.17, 15) is 19.8 Å². The van der Waals surface area contributed by atoms with E-state index < -0.39 is 23.9 Å². The van der Waals surface area contributed by atoms with Gasteiger partial charge >= 0.3 is 11.9 Å². The van der Waals surface area contributed by atoms with E-state index in [4.69, 9.17) is 16.3 Å². The number of carboxylic acid groups (broad SMARTS) is 2. The molecule has 3 N–H and O–H groups in total. The first-order valence-corrected chi connectivity index (χ1v) is 11.6. The van der Waals surface area contributed by atoms with E-state index in [1.54, 1.807) is 35.6 Å². The number of carboxylic acids is 2. The van der Waals surface area contributed by atoms with Gasteiger partial charge in [-0.05, 0) is 42.0 Å². The van der Waals surface area contributed by atoms with Crippen molar-refractivity contribution in [1.82, 2.24) is 5.32 Å². The van der Waals surface area contributed by atoms with Crippen molar-refractivity contribution in [2.24, 2.45) is 5.92 Å². The van der Waals surface area contributed by atoms with Crippen LogP contribution in [0, 0.1) is 5.92 Å². The largest absolute Gasteiger partial charge is 0.489 e. The van der Waals surface area contributed by atoms with Crippen LogP contribution in [0.15, 0.2) is 47.8 Å². The van der Waals surface area contributed by atoms with Crippen molar-refractivity contribution < 1.29 is 24.5 Å². The number of benzene rings is 2. The first kappa shape index (κ1) is 24.0. The molecule has 0 spiro atoms. The van der Waals surface area contributed by atoms with Gasteiger partial charge in [-0.15, -0.1) is 11.3 Å². The van der Waals surface area contributed by atoms with E-state index in [-0.39, 0.29) is 19.1 Å². The smallest absolute Gasteiger partial charge is 0.320 e. The van der Waals surface area contributed by atoms with Crippen molar-refractivity contribution in [2.45, 2.75) is 38.8 Å². The summed E-state index contributed by atoms with van der Waals surface area (Å²) in [7, 11) is 0. The van der Waals surface area contributed by atoms with E-state index in [0.717, 1.165) is 15.6 Å². The minimum absolute atomic E-state index is 0.0175. The lowest BCUT2D eigenvalue weighted by Crippen LogP contribution is -2.41. The minimum atomic E-state index is -1.05. The molecule has 3 rings (SSSR count). The Morgan fingerprint density at radius 1 is 1.12 bits per heavy atom. The highest BCUT2D eigenvalue weighted by Gasteiger charge is 2.27. The van der Waals surface area contributed by atoms with Gasteiger partial charge in [0.25, 0.3) is 0 Å². The highest BCUT2D eigenvalue weighted by atomic mass is 35.5. The molecule has 6 nitrogen and oxygen atoms in total. The van der Waals surface area contributed by atoms with Gasteiger partial charge in [0, 0.05) is 32.8 Å². The van der Waals surface area contributed by atoms with E-state index in [1.807, 2.05) is 37.4 Å². The number of hydrogen-bond acceptors (Lipinski definition) is 5. The van der Waals surface area contributed by atoms with Gasteiger partial charge < -0.3 is 20.3 Å². The second kappa shape index (κ2) is 10.8. The summed E-state index contributed by atoms with van der Waals surface area (Å²) < 4.78 is 7.13. The van der Waals surface area contributed by atoms with Crippen molar-refractivity contribution in [3.8, 4) is 5.75 Å². The Hall–Kier alpha value is -2.61. The lowest BCUT2D eigenvalue weighted by Gasteiger charge is -2.21. The molecule has 1 heterocycles. The van der Waals surface area contributed by atoms with Crippen molar-refractivity contribution in [3.05, 3.63) is 64.0 Å². The molecule has 2 atom stereocenters. The van der Waals surface area contributed by atoms with Crippen molar-refractivity contribution in [1.29, 1.82) is 0 Å². The molecule has 0 fully saturated rings. The molecule has 3 aromatic rings. The number of nitrogens with one attached hydrogen (secondary N) is 1. The number of thiophene rings is 1. The minimum Gasteiger partial charge on any atom is -0.489 e. The Morgan fingerprint density at radius 3 is 2.56 bits per heavy atom. The third-order valence-electron chi connectivity index (χ3n) is 5.16. The second-order valence-electron chi connectivity index (χ2n) is 8.05. The predicted octanol–water partition coefficient (Wildman–Crippen LogP) is 5.39. The molecule has 1 aromatic heterocycles. The van der Waals surface area contributed by atoms with Crippen LogP contribution in [-0.2, 0) is 16.2 Å². The van der Waals surface area contributed by atoms with Crippen LogP contribution in [0.5, 0.6) is 5.75 Å².